The van der Waals surface area contributed by atoms with Crippen LogP contribution in [0.2, 0.25) is 0 Å². The zero-order valence-corrected chi connectivity index (χ0v) is 9.59. The van der Waals surface area contributed by atoms with Crippen molar-refractivity contribution in [3.63, 3.8) is 0 Å². The average Bonchev–Trinajstić information content (AvgIpc) is 2.78. The first-order chi connectivity index (χ1) is 6.78. The first-order valence-electron chi connectivity index (χ1n) is 5.16. The van der Waals surface area contributed by atoms with Crippen molar-refractivity contribution in [2.75, 3.05) is 6.61 Å². The van der Waals surface area contributed by atoms with Crippen LogP contribution in [0.4, 0.5) is 0 Å². The van der Waals surface area contributed by atoms with Crippen LogP contribution in [0.15, 0.2) is 28.7 Å². The predicted molar refractivity (Wildman–Crippen MR) is 59.4 cm³/mol. The Balaban J connectivity index is 2.02. The third-order valence-electron chi connectivity index (χ3n) is 3.60. The van der Waals surface area contributed by atoms with Crippen molar-refractivity contribution in [1.82, 2.24) is 0 Å². The molecule has 74 valence electrons. The Morgan fingerprint density at radius 3 is 2.93 bits per heavy atom. The normalized spacial score (nSPS) is 35.1. The molecular weight excluding hydrogens is 240 g/mol. The Morgan fingerprint density at radius 2 is 2.36 bits per heavy atom. The standard InChI is InChI=1S/C12H13BrO/c13-10-3-1-2-9(6-10)12-5-4-11(7-12)14-8-12/h1-3,6,11H,4-5,7-8H2. The maximum Gasteiger partial charge on any atom is 0.0585 e. The summed E-state index contributed by atoms with van der Waals surface area (Å²) in [5, 5.41) is 0. The van der Waals surface area contributed by atoms with Crippen LogP contribution < -0.4 is 0 Å². The van der Waals surface area contributed by atoms with Gasteiger partial charge in [0.2, 0.25) is 0 Å². The SMILES string of the molecule is Brc1cccc(C23CCC(C2)OC3)c1. The first kappa shape index (κ1) is 8.93. The molecule has 14 heavy (non-hydrogen) atoms. The van der Waals surface area contributed by atoms with Gasteiger partial charge < -0.3 is 4.74 Å². The van der Waals surface area contributed by atoms with Crippen LogP contribution in [0.3, 0.4) is 0 Å². The van der Waals surface area contributed by atoms with Crippen LogP contribution in [0.25, 0.3) is 0 Å². The Morgan fingerprint density at radius 1 is 1.43 bits per heavy atom. The molecule has 3 rings (SSSR count). The molecule has 1 heterocycles. The number of fused-ring (bicyclic) bond motifs is 2. The Bertz CT molecular complexity index is 353. The summed E-state index contributed by atoms with van der Waals surface area (Å²) < 4.78 is 6.91. The first-order valence-corrected chi connectivity index (χ1v) is 5.95. The lowest BCUT2D eigenvalue weighted by molar-refractivity contribution is 0.0698. The Hall–Kier alpha value is -0.340. The zero-order chi connectivity index (χ0) is 9.60. The van der Waals surface area contributed by atoms with Crippen molar-refractivity contribution in [3.05, 3.63) is 34.3 Å². The monoisotopic (exact) mass is 252 g/mol. The second-order valence-corrected chi connectivity index (χ2v) is 5.38. The molecule has 2 heteroatoms. The summed E-state index contributed by atoms with van der Waals surface area (Å²) in [5.74, 6) is 0. The number of benzene rings is 1. The molecule has 2 aliphatic rings. The molecule has 1 saturated carbocycles. The highest BCUT2D eigenvalue weighted by atomic mass is 79.9. The molecule has 0 aromatic heterocycles. The van der Waals surface area contributed by atoms with E-state index in [4.69, 9.17) is 4.74 Å². The van der Waals surface area contributed by atoms with Crippen molar-refractivity contribution in [2.24, 2.45) is 0 Å². The minimum Gasteiger partial charge on any atom is -0.377 e. The minimum atomic E-state index is 0.342. The molecule has 1 saturated heterocycles. The van der Waals surface area contributed by atoms with Crippen LogP contribution in [-0.2, 0) is 10.2 Å². The molecule has 1 aliphatic carbocycles. The van der Waals surface area contributed by atoms with Crippen molar-refractivity contribution in [2.45, 2.75) is 30.8 Å². The van der Waals surface area contributed by atoms with Crippen molar-refractivity contribution >= 4 is 15.9 Å². The fraction of sp³-hybridized carbons (Fsp3) is 0.500. The Labute approximate surface area is 92.6 Å². The van der Waals surface area contributed by atoms with Crippen LogP contribution in [0, 0.1) is 0 Å². The van der Waals surface area contributed by atoms with Gasteiger partial charge >= 0.3 is 0 Å². The van der Waals surface area contributed by atoms with Gasteiger partial charge in [0.15, 0.2) is 0 Å². The Kier molecular flexibility index (Phi) is 1.96. The van der Waals surface area contributed by atoms with Gasteiger partial charge in [-0.3, -0.25) is 0 Å². The third kappa shape index (κ3) is 1.24. The van der Waals surface area contributed by atoms with Crippen molar-refractivity contribution in [1.29, 1.82) is 0 Å². The summed E-state index contributed by atoms with van der Waals surface area (Å²) >= 11 is 3.54. The van der Waals surface area contributed by atoms with Gasteiger partial charge in [0.1, 0.15) is 0 Å². The van der Waals surface area contributed by atoms with E-state index in [-0.39, 0.29) is 0 Å². The zero-order valence-electron chi connectivity index (χ0n) is 8.00. The molecule has 2 atom stereocenters. The summed E-state index contributed by atoms with van der Waals surface area (Å²) in [6, 6.07) is 8.70. The second-order valence-electron chi connectivity index (χ2n) is 4.47. The molecule has 2 unspecified atom stereocenters. The van der Waals surface area contributed by atoms with Gasteiger partial charge in [-0.25, -0.2) is 0 Å². The fourth-order valence-electron chi connectivity index (χ4n) is 2.79. The molecule has 0 N–H and O–H groups in total. The quantitative estimate of drug-likeness (QED) is 0.746. The third-order valence-corrected chi connectivity index (χ3v) is 4.09. The summed E-state index contributed by atoms with van der Waals surface area (Å²) in [7, 11) is 0. The number of hydrogen-bond donors (Lipinski definition) is 0. The lowest BCUT2D eigenvalue weighted by Gasteiger charge is -2.26. The molecule has 2 fully saturated rings. The van der Waals surface area contributed by atoms with Gasteiger partial charge in [-0.15, -0.1) is 0 Å². The fourth-order valence-corrected chi connectivity index (χ4v) is 3.19. The molecule has 0 spiro atoms. The largest absolute Gasteiger partial charge is 0.377 e. The van der Waals surface area contributed by atoms with Crippen LogP contribution in [-0.4, -0.2) is 12.7 Å². The summed E-state index contributed by atoms with van der Waals surface area (Å²) in [4.78, 5) is 0. The summed E-state index contributed by atoms with van der Waals surface area (Å²) in [6.07, 6.45) is 4.30. The molecule has 1 aromatic rings. The molecular formula is C12H13BrO. The van der Waals surface area contributed by atoms with E-state index in [1.54, 1.807) is 0 Å². The van der Waals surface area contributed by atoms with E-state index in [0.717, 1.165) is 6.61 Å². The highest BCUT2D eigenvalue weighted by Crippen LogP contribution is 2.48. The highest BCUT2D eigenvalue weighted by Gasteiger charge is 2.47. The van der Waals surface area contributed by atoms with E-state index in [0.29, 0.717) is 11.5 Å². The van der Waals surface area contributed by atoms with E-state index in [1.807, 2.05) is 0 Å². The topological polar surface area (TPSA) is 9.23 Å². The molecule has 0 radical (unpaired) electrons. The van der Waals surface area contributed by atoms with Gasteiger partial charge in [0.25, 0.3) is 0 Å². The van der Waals surface area contributed by atoms with E-state index in [1.165, 1.54) is 29.3 Å². The lowest BCUT2D eigenvalue weighted by Crippen LogP contribution is -2.25. The molecule has 1 aliphatic heterocycles. The van der Waals surface area contributed by atoms with E-state index in [9.17, 15) is 0 Å². The van der Waals surface area contributed by atoms with Crippen molar-refractivity contribution < 1.29 is 4.74 Å². The maximum absolute atomic E-state index is 5.73. The van der Waals surface area contributed by atoms with Gasteiger partial charge in [0, 0.05) is 9.89 Å². The molecule has 1 nitrogen and oxygen atoms in total. The van der Waals surface area contributed by atoms with Gasteiger partial charge in [0.05, 0.1) is 12.7 Å². The van der Waals surface area contributed by atoms with E-state index >= 15 is 0 Å². The summed E-state index contributed by atoms with van der Waals surface area (Å²) in [6.45, 7) is 0.925. The second kappa shape index (κ2) is 3.07. The molecule has 1 aromatic carbocycles. The number of rotatable bonds is 1. The predicted octanol–water partition coefficient (Wildman–Crippen LogP) is 3.27. The van der Waals surface area contributed by atoms with Crippen molar-refractivity contribution in [3.8, 4) is 0 Å². The summed E-state index contributed by atoms with van der Waals surface area (Å²) in [5.41, 5.74) is 1.79. The number of ether oxygens (including phenoxy) is 1. The number of halogens is 1. The van der Waals surface area contributed by atoms with Crippen LogP contribution >= 0.6 is 15.9 Å². The maximum atomic E-state index is 5.73. The van der Waals surface area contributed by atoms with E-state index < -0.39 is 0 Å². The van der Waals surface area contributed by atoms with E-state index in [2.05, 4.69) is 40.2 Å². The minimum absolute atomic E-state index is 0.342. The van der Waals surface area contributed by atoms with Gasteiger partial charge in [-0.05, 0) is 37.0 Å². The number of hydrogen-bond acceptors (Lipinski definition) is 1. The van der Waals surface area contributed by atoms with Crippen LogP contribution in [0.5, 0.6) is 0 Å². The smallest absolute Gasteiger partial charge is 0.0585 e. The average molecular weight is 253 g/mol. The lowest BCUT2D eigenvalue weighted by atomic mass is 9.80. The highest BCUT2D eigenvalue weighted by molar-refractivity contribution is 9.10. The molecule has 0 amide bonds. The van der Waals surface area contributed by atoms with Gasteiger partial charge in [-0.2, -0.15) is 0 Å². The van der Waals surface area contributed by atoms with Crippen LogP contribution in [0.1, 0.15) is 24.8 Å². The molecule has 2 bridgehead atoms. The van der Waals surface area contributed by atoms with Gasteiger partial charge in [-0.1, -0.05) is 28.1 Å².